The van der Waals surface area contributed by atoms with Crippen molar-refractivity contribution in [3.63, 3.8) is 0 Å². The van der Waals surface area contributed by atoms with Gasteiger partial charge in [0.25, 0.3) is 0 Å². The van der Waals surface area contributed by atoms with Crippen LogP contribution in [0.25, 0.3) is 21.8 Å². The number of rotatable bonds is 4. The van der Waals surface area contributed by atoms with E-state index >= 15 is 0 Å². The molecule has 0 aliphatic heterocycles. The Bertz CT molecular complexity index is 768. The third-order valence-electron chi connectivity index (χ3n) is 3.95. The predicted octanol–water partition coefficient (Wildman–Crippen LogP) is 4.52. The number of pyridine rings is 1. The molecule has 0 aliphatic rings. The molecule has 0 N–H and O–H groups in total. The summed E-state index contributed by atoms with van der Waals surface area (Å²) in [6.07, 6.45) is 2.40. The highest BCUT2D eigenvalue weighted by Crippen LogP contribution is 2.20. The zero-order valence-corrected chi connectivity index (χ0v) is 12.8. The van der Waals surface area contributed by atoms with Crippen molar-refractivity contribution in [3.8, 4) is 0 Å². The lowest BCUT2D eigenvalue weighted by Gasteiger charge is -2.16. The lowest BCUT2D eigenvalue weighted by molar-refractivity contribution is 0.662. The summed E-state index contributed by atoms with van der Waals surface area (Å²) in [5.74, 6) is 0. The minimum absolute atomic E-state index is 0.812. The number of benzene rings is 2. The molecule has 0 saturated carbocycles. The highest BCUT2D eigenvalue weighted by atomic mass is 15.0. The van der Waals surface area contributed by atoms with Crippen LogP contribution in [0.4, 0.5) is 0 Å². The van der Waals surface area contributed by atoms with Gasteiger partial charge >= 0.3 is 0 Å². The van der Waals surface area contributed by atoms with E-state index in [-0.39, 0.29) is 0 Å². The molecule has 21 heavy (non-hydrogen) atoms. The Balaban J connectivity index is 2.48. The molecule has 1 heterocycles. The van der Waals surface area contributed by atoms with E-state index in [0.29, 0.717) is 0 Å². The van der Waals surface area contributed by atoms with Crippen LogP contribution in [0.2, 0.25) is 0 Å². The van der Waals surface area contributed by atoms with Crippen LogP contribution in [0.5, 0.6) is 0 Å². The molecule has 2 heteroatoms. The average molecular weight is 278 g/mol. The van der Waals surface area contributed by atoms with Gasteiger partial charge in [0, 0.05) is 23.9 Å². The fourth-order valence-corrected chi connectivity index (χ4v) is 2.98. The molecule has 0 saturated heterocycles. The second-order valence-electron chi connectivity index (χ2n) is 5.36. The molecular formula is C19H22N2. The molecule has 3 aromatic rings. The van der Waals surface area contributed by atoms with Gasteiger partial charge in [-0.2, -0.15) is 0 Å². The Morgan fingerprint density at radius 2 is 1.43 bits per heavy atom. The maximum absolute atomic E-state index is 4.77. The van der Waals surface area contributed by atoms with Crippen LogP contribution >= 0.6 is 0 Å². The van der Waals surface area contributed by atoms with E-state index in [1.807, 2.05) is 0 Å². The lowest BCUT2D eigenvalue weighted by Crippen LogP contribution is -2.13. The largest absolute Gasteiger partial charge is 0.340 e. The minimum Gasteiger partial charge on any atom is -0.340 e. The first kappa shape index (κ1) is 13.9. The van der Waals surface area contributed by atoms with Crippen LogP contribution in [-0.4, -0.2) is 11.1 Å². The van der Waals surface area contributed by atoms with Gasteiger partial charge in [-0.25, -0.2) is 0 Å². The van der Waals surface area contributed by atoms with E-state index < -0.39 is 0 Å². The van der Waals surface area contributed by atoms with Gasteiger partial charge in [0.1, 0.15) is 0 Å². The molecule has 0 atom stereocenters. The maximum atomic E-state index is 4.77. The van der Waals surface area contributed by atoms with Gasteiger partial charge in [-0.15, -0.1) is 0 Å². The summed E-state index contributed by atoms with van der Waals surface area (Å²) in [6.45, 7) is 6.21. The van der Waals surface area contributed by atoms with Gasteiger partial charge in [0.15, 0.2) is 0 Å². The molecule has 108 valence electrons. The van der Waals surface area contributed by atoms with E-state index in [1.165, 1.54) is 34.6 Å². The van der Waals surface area contributed by atoms with Crippen molar-refractivity contribution in [2.45, 2.75) is 33.2 Å². The van der Waals surface area contributed by atoms with Crippen molar-refractivity contribution in [2.24, 2.45) is 4.99 Å². The van der Waals surface area contributed by atoms with Gasteiger partial charge in [-0.3, -0.25) is 4.99 Å². The van der Waals surface area contributed by atoms with Gasteiger partial charge in [0.05, 0.1) is 16.4 Å². The topological polar surface area (TPSA) is 17.3 Å². The first-order chi connectivity index (χ1) is 10.4. The fourth-order valence-electron chi connectivity index (χ4n) is 2.98. The second-order valence-corrected chi connectivity index (χ2v) is 5.36. The van der Waals surface area contributed by atoms with E-state index in [1.54, 1.807) is 0 Å². The van der Waals surface area contributed by atoms with Gasteiger partial charge in [-0.1, -0.05) is 49.7 Å². The number of para-hydroxylation sites is 2. The zero-order chi connectivity index (χ0) is 14.7. The summed E-state index contributed by atoms with van der Waals surface area (Å²) in [7, 11) is 0. The molecule has 0 fully saturated rings. The molecule has 0 spiro atoms. The average Bonchev–Trinajstić information content (AvgIpc) is 2.54. The van der Waals surface area contributed by atoms with Crippen LogP contribution in [0.1, 0.15) is 26.7 Å². The van der Waals surface area contributed by atoms with Crippen LogP contribution in [0.3, 0.4) is 0 Å². The Morgan fingerprint density at radius 1 is 0.857 bits per heavy atom. The molecule has 3 rings (SSSR count). The molecule has 2 nitrogen and oxygen atoms in total. The molecule has 2 aromatic carbocycles. The standard InChI is InChI=1S/C19H22N2/c1-3-5-14-21-17-12-8-6-10-15(17)19(20-4-2)16-11-7-9-13-18(16)21/h6-13H,3-5,14H2,1-2H3. The summed E-state index contributed by atoms with van der Waals surface area (Å²) in [6, 6.07) is 17.3. The van der Waals surface area contributed by atoms with E-state index in [9.17, 15) is 0 Å². The van der Waals surface area contributed by atoms with Gasteiger partial charge < -0.3 is 4.57 Å². The molecule has 0 bridgehead atoms. The lowest BCUT2D eigenvalue weighted by atomic mass is 10.1. The van der Waals surface area contributed by atoms with Crippen LogP contribution in [0.15, 0.2) is 53.5 Å². The third-order valence-corrected chi connectivity index (χ3v) is 3.95. The quantitative estimate of drug-likeness (QED) is 0.625. The monoisotopic (exact) mass is 278 g/mol. The third kappa shape index (κ3) is 2.46. The number of unbranched alkanes of at least 4 members (excludes halogenated alkanes) is 1. The molecule has 1 aromatic heterocycles. The fraction of sp³-hybridized carbons (Fsp3) is 0.316. The molecule has 0 amide bonds. The minimum atomic E-state index is 0.812. The SMILES string of the molecule is CCCCn1c2ccccc2c(=NCC)c2ccccc21. The second kappa shape index (κ2) is 6.13. The normalized spacial score (nSPS) is 11.1. The van der Waals surface area contributed by atoms with Crippen molar-refractivity contribution < 1.29 is 0 Å². The van der Waals surface area contributed by atoms with E-state index in [4.69, 9.17) is 4.99 Å². The van der Waals surface area contributed by atoms with Crippen molar-refractivity contribution in [2.75, 3.05) is 6.54 Å². The number of hydrogen-bond acceptors (Lipinski definition) is 1. The summed E-state index contributed by atoms with van der Waals surface area (Å²) in [4.78, 5) is 4.77. The van der Waals surface area contributed by atoms with Crippen LogP contribution in [0, 0.1) is 0 Å². The maximum Gasteiger partial charge on any atom is 0.0760 e. The highest BCUT2D eigenvalue weighted by Gasteiger charge is 2.08. The zero-order valence-electron chi connectivity index (χ0n) is 12.8. The molecule has 0 radical (unpaired) electrons. The Kier molecular flexibility index (Phi) is 4.05. The summed E-state index contributed by atoms with van der Waals surface area (Å²) in [5.41, 5.74) is 2.58. The smallest absolute Gasteiger partial charge is 0.0760 e. The van der Waals surface area contributed by atoms with Gasteiger partial charge in [0.2, 0.25) is 0 Å². The molecule has 0 unspecified atom stereocenters. The predicted molar refractivity (Wildman–Crippen MR) is 90.5 cm³/mol. The van der Waals surface area contributed by atoms with Crippen molar-refractivity contribution in [3.05, 3.63) is 53.9 Å². The molecular weight excluding hydrogens is 256 g/mol. The number of nitrogens with zero attached hydrogens (tertiary/aromatic N) is 2. The highest BCUT2D eigenvalue weighted by molar-refractivity contribution is 5.93. The number of fused-ring (bicyclic) bond motifs is 2. The summed E-state index contributed by atoms with van der Waals surface area (Å²) < 4.78 is 2.45. The Hall–Kier alpha value is -2.09. The van der Waals surface area contributed by atoms with E-state index in [0.717, 1.165) is 18.4 Å². The summed E-state index contributed by atoms with van der Waals surface area (Å²) in [5, 5.41) is 3.65. The Morgan fingerprint density at radius 3 is 1.95 bits per heavy atom. The first-order valence-electron chi connectivity index (χ1n) is 7.87. The van der Waals surface area contributed by atoms with Gasteiger partial charge in [-0.05, 0) is 25.5 Å². The van der Waals surface area contributed by atoms with Crippen LogP contribution < -0.4 is 5.36 Å². The van der Waals surface area contributed by atoms with Crippen molar-refractivity contribution in [1.29, 1.82) is 0 Å². The number of aromatic nitrogens is 1. The molecule has 0 aliphatic carbocycles. The Labute approximate surface area is 125 Å². The number of aryl methyl sites for hydroxylation is 1. The number of hydrogen-bond donors (Lipinski definition) is 0. The summed E-state index contributed by atoms with van der Waals surface area (Å²) >= 11 is 0. The first-order valence-corrected chi connectivity index (χ1v) is 7.87. The van der Waals surface area contributed by atoms with Crippen molar-refractivity contribution in [1.82, 2.24) is 4.57 Å². The van der Waals surface area contributed by atoms with Crippen LogP contribution in [-0.2, 0) is 6.54 Å². The van der Waals surface area contributed by atoms with E-state index in [2.05, 4.69) is 66.9 Å². The van der Waals surface area contributed by atoms with Crippen molar-refractivity contribution >= 4 is 21.8 Å².